The summed E-state index contributed by atoms with van der Waals surface area (Å²) in [5.41, 5.74) is 0.646. The van der Waals surface area contributed by atoms with Crippen LogP contribution in [-0.2, 0) is 0 Å². The lowest BCUT2D eigenvalue weighted by molar-refractivity contribution is 0.230. The van der Waals surface area contributed by atoms with Crippen LogP contribution in [-0.4, -0.2) is 31.6 Å². The molecule has 0 aliphatic carbocycles. The third-order valence-corrected chi connectivity index (χ3v) is 2.18. The zero-order chi connectivity index (χ0) is 12.1. The number of nitrogens with zero attached hydrogens (tertiary/aromatic N) is 1. The highest BCUT2D eigenvalue weighted by Gasteiger charge is 2.06. The molecule has 0 aromatic heterocycles. The average molecular weight is 243 g/mol. The normalized spacial score (nSPS) is 9.75. The van der Waals surface area contributed by atoms with E-state index in [-0.39, 0.29) is 6.03 Å². The molecular weight excluding hydrogens is 228 g/mol. The average Bonchev–Trinajstić information content (AvgIpc) is 2.22. The van der Waals surface area contributed by atoms with Crippen molar-refractivity contribution >= 4 is 23.3 Å². The quantitative estimate of drug-likeness (QED) is 0.886. The van der Waals surface area contributed by atoms with Crippen molar-refractivity contribution in [3.8, 4) is 5.75 Å². The number of benzene rings is 1. The fourth-order valence-electron chi connectivity index (χ4n) is 1.09. The van der Waals surface area contributed by atoms with Gasteiger partial charge in [0, 0.05) is 19.8 Å². The van der Waals surface area contributed by atoms with E-state index < -0.39 is 0 Å². The van der Waals surface area contributed by atoms with Gasteiger partial charge in [0.1, 0.15) is 5.75 Å². The van der Waals surface area contributed by atoms with E-state index in [0.29, 0.717) is 23.1 Å². The minimum Gasteiger partial charge on any atom is -0.492 e. The molecule has 0 aliphatic rings. The van der Waals surface area contributed by atoms with E-state index in [1.165, 1.54) is 4.90 Å². The van der Waals surface area contributed by atoms with E-state index in [0.717, 1.165) is 0 Å². The number of rotatable bonds is 3. The van der Waals surface area contributed by atoms with Gasteiger partial charge in [-0.15, -0.1) is 0 Å². The van der Waals surface area contributed by atoms with Crippen molar-refractivity contribution in [2.75, 3.05) is 26.0 Å². The Morgan fingerprint density at radius 1 is 1.50 bits per heavy atom. The second-order valence-corrected chi connectivity index (χ2v) is 3.81. The number of carbonyl (C=O) groups excluding carboxylic acids is 1. The molecule has 0 saturated carbocycles. The molecule has 1 aromatic carbocycles. The van der Waals surface area contributed by atoms with Crippen LogP contribution in [0.3, 0.4) is 0 Å². The van der Waals surface area contributed by atoms with E-state index in [4.69, 9.17) is 16.3 Å². The first-order chi connectivity index (χ1) is 7.54. The SMILES string of the molecule is CCOc1ccc(NC(=O)N(C)C)cc1Cl. The molecule has 0 spiro atoms. The Hall–Kier alpha value is -1.42. The molecule has 0 fully saturated rings. The number of anilines is 1. The van der Waals surface area contributed by atoms with E-state index >= 15 is 0 Å². The first kappa shape index (κ1) is 12.6. The van der Waals surface area contributed by atoms with Crippen LogP contribution in [0.5, 0.6) is 5.75 Å². The van der Waals surface area contributed by atoms with E-state index in [1.807, 2.05) is 6.92 Å². The van der Waals surface area contributed by atoms with Crippen LogP contribution < -0.4 is 10.1 Å². The Morgan fingerprint density at radius 2 is 2.19 bits per heavy atom. The van der Waals surface area contributed by atoms with Gasteiger partial charge < -0.3 is 15.0 Å². The van der Waals surface area contributed by atoms with Crippen LogP contribution in [0.15, 0.2) is 18.2 Å². The zero-order valence-corrected chi connectivity index (χ0v) is 10.3. The first-order valence-electron chi connectivity index (χ1n) is 4.95. The Balaban J connectivity index is 2.77. The van der Waals surface area contributed by atoms with Gasteiger partial charge in [0.2, 0.25) is 0 Å². The molecule has 0 bridgehead atoms. The third-order valence-electron chi connectivity index (χ3n) is 1.89. The summed E-state index contributed by atoms with van der Waals surface area (Å²) in [5, 5.41) is 3.18. The number of hydrogen-bond donors (Lipinski definition) is 1. The summed E-state index contributed by atoms with van der Waals surface area (Å²) in [6, 6.07) is 4.95. The molecule has 1 rings (SSSR count). The maximum absolute atomic E-state index is 11.4. The van der Waals surface area contributed by atoms with Crippen molar-refractivity contribution in [1.82, 2.24) is 4.90 Å². The highest BCUT2D eigenvalue weighted by molar-refractivity contribution is 6.32. The first-order valence-corrected chi connectivity index (χ1v) is 5.33. The lowest BCUT2D eigenvalue weighted by Gasteiger charge is -2.13. The largest absolute Gasteiger partial charge is 0.492 e. The lowest BCUT2D eigenvalue weighted by Crippen LogP contribution is -2.27. The van der Waals surface area contributed by atoms with Crippen molar-refractivity contribution in [1.29, 1.82) is 0 Å². The predicted molar refractivity (Wildman–Crippen MR) is 65.3 cm³/mol. The van der Waals surface area contributed by atoms with Gasteiger partial charge in [-0.05, 0) is 25.1 Å². The fourth-order valence-corrected chi connectivity index (χ4v) is 1.32. The maximum Gasteiger partial charge on any atom is 0.321 e. The summed E-state index contributed by atoms with van der Waals surface area (Å²) in [7, 11) is 3.34. The van der Waals surface area contributed by atoms with Gasteiger partial charge in [-0.3, -0.25) is 0 Å². The van der Waals surface area contributed by atoms with Gasteiger partial charge >= 0.3 is 6.03 Å². The van der Waals surface area contributed by atoms with Gasteiger partial charge in [0.15, 0.2) is 0 Å². The molecule has 0 atom stereocenters. The Labute approximate surface area is 100 Å². The van der Waals surface area contributed by atoms with Crippen molar-refractivity contribution < 1.29 is 9.53 Å². The molecule has 88 valence electrons. The minimum atomic E-state index is -0.194. The number of amides is 2. The molecule has 0 unspecified atom stereocenters. The number of ether oxygens (including phenoxy) is 1. The summed E-state index contributed by atoms with van der Waals surface area (Å²) in [6.45, 7) is 2.45. The van der Waals surface area contributed by atoms with Gasteiger partial charge in [-0.1, -0.05) is 11.6 Å². The Bertz CT molecular complexity index is 380. The molecule has 16 heavy (non-hydrogen) atoms. The fraction of sp³-hybridized carbons (Fsp3) is 0.364. The molecule has 0 radical (unpaired) electrons. The van der Waals surface area contributed by atoms with Crippen molar-refractivity contribution in [2.24, 2.45) is 0 Å². The summed E-state index contributed by atoms with van der Waals surface area (Å²) >= 11 is 5.98. The van der Waals surface area contributed by atoms with E-state index in [2.05, 4.69) is 5.32 Å². The number of nitrogens with one attached hydrogen (secondary N) is 1. The molecule has 0 heterocycles. The smallest absolute Gasteiger partial charge is 0.321 e. The van der Waals surface area contributed by atoms with Crippen LogP contribution in [0, 0.1) is 0 Å². The van der Waals surface area contributed by atoms with Crippen LogP contribution in [0.1, 0.15) is 6.92 Å². The van der Waals surface area contributed by atoms with E-state index in [9.17, 15) is 4.79 Å². The number of hydrogen-bond acceptors (Lipinski definition) is 2. The Morgan fingerprint density at radius 3 is 2.69 bits per heavy atom. The molecular formula is C11H15ClN2O2. The topological polar surface area (TPSA) is 41.6 Å². The molecule has 1 N–H and O–H groups in total. The monoisotopic (exact) mass is 242 g/mol. The Kier molecular flexibility index (Phi) is 4.43. The molecule has 0 saturated heterocycles. The number of carbonyl (C=O) groups is 1. The van der Waals surface area contributed by atoms with Crippen molar-refractivity contribution in [3.63, 3.8) is 0 Å². The second-order valence-electron chi connectivity index (χ2n) is 3.40. The van der Waals surface area contributed by atoms with Gasteiger partial charge in [0.25, 0.3) is 0 Å². The summed E-state index contributed by atoms with van der Waals surface area (Å²) in [6.07, 6.45) is 0. The van der Waals surface area contributed by atoms with Crippen molar-refractivity contribution in [2.45, 2.75) is 6.92 Å². The number of urea groups is 1. The predicted octanol–water partition coefficient (Wildman–Crippen LogP) is 2.83. The van der Waals surface area contributed by atoms with Crippen LogP contribution in [0.25, 0.3) is 0 Å². The highest BCUT2D eigenvalue weighted by atomic mass is 35.5. The van der Waals surface area contributed by atoms with Gasteiger partial charge in [-0.2, -0.15) is 0 Å². The lowest BCUT2D eigenvalue weighted by atomic mass is 10.3. The molecule has 4 nitrogen and oxygen atoms in total. The van der Waals surface area contributed by atoms with E-state index in [1.54, 1.807) is 32.3 Å². The van der Waals surface area contributed by atoms with Crippen LogP contribution in [0.4, 0.5) is 10.5 Å². The molecule has 1 aromatic rings. The van der Waals surface area contributed by atoms with Crippen molar-refractivity contribution in [3.05, 3.63) is 23.2 Å². The van der Waals surface area contributed by atoms with Crippen LogP contribution in [0.2, 0.25) is 5.02 Å². The molecule has 5 heteroatoms. The summed E-state index contributed by atoms with van der Waals surface area (Å²) in [5.74, 6) is 0.618. The standard InChI is InChI=1S/C11H15ClN2O2/c1-4-16-10-6-5-8(7-9(10)12)13-11(15)14(2)3/h5-7H,4H2,1-3H3,(H,13,15). The molecule has 2 amide bonds. The maximum atomic E-state index is 11.4. The summed E-state index contributed by atoms with van der Waals surface area (Å²) < 4.78 is 5.29. The van der Waals surface area contributed by atoms with Gasteiger partial charge in [0.05, 0.1) is 11.6 Å². The third kappa shape index (κ3) is 3.31. The second kappa shape index (κ2) is 5.61. The minimum absolute atomic E-state index is 0.194. The molecule has 0 aliphatic heterocycles. The zero-order valence-electron chi connectivity index (χ0n) is 9.58. The number of halogens is 1. The highest BCUT2D eigenvalue weighted by Crippen LogP contribution is 2.27. The summed E-state index contributed by atoms with van der Waals surface area (Å²) in [4.78, 5) is 12.8. The van der Waals surface area contributed by atoms with Crippen LogP contribution >= 0.6 is 11.6 Å². The van der Waals surface area contributed by atoms with Gasteiger partial charge in [-0.25, -0.2) is 4.79 Å².